The van der Waals surface area contributed by atoms with Gasteiger partial charge in [-0.3, -0.25) is 4.79 Å². The van der Waals surface area contributed by atoms with E-state index in [0.717, 1.165) is 10.0 Å². The summed E-state index contributed by atoms with van der Waals surface area (Å²) >= 11 is 2.16. The lowest BCUT2D eigenvalue weighted by Gasteiger charge is -2.29. The quantitative estimate of drug-likeness (QED) is 0.614. The van der Waals surface area contributed by atoms with Crippen LogP contribution in [0.25, 0.3) is 0 Å². The zero-order valence-electron chi connectivity index (χ0n) is 7.20. The van der Waals surface area contributed by atoms with Gasteiger partial charge in [-0.05, 0) is 41.4 Å². The maximum Gasteiger partial charge on any atom is 0.169 e. The molecule has 0 bridgehead atoms. The fourth-order valence-corrected chi connectivity index (χ4v) is 1.99. The highest BCUT2D eigenvalue weighted by atomic mass is 127. The van der Waals surface area contributed by atoms with Gasteiger partial charge in [-0.25, -0.2) is 0 Å². The molecule has 0 radical (unpaired) electrons. The Kier molecular flexibility index (Phi) is 2.42. The van der Waals surface area contributed by atoms with Crippen LogP contribution in [0, 0.1) is 5.41 Å². The zero-order chi connectivity index (χ0) is 8.65. The lowest BCUT2D eigenvalue weighted by molar-refractivity contribution is -0.117. The smallest absolute Gasteiger partial charge is 0.169 e. The molecule has 0 aromatic rings. The number of Topliss-reactive ketones (excluding diaryl/α,β-unsaturated/α-hetero) is 1. The van der Waals surface area contributed by atoms with Crippen molar-refractivity contribution < 1.29 is 4.79 Å². The maximum atomic E-state index is 11.4. The van der Waals surface area contributed by atoms with Crippen LogP contribution in [0.4, 0.5) is 0 Å². The summed E-state index contributed by atoms with van der Waals surface area (Å²) in [6.07, 6.45) is 1.78. The summed E-state index contributed by atoms with van der Waals surface area (Å²) < 4.78 is 0.960. The van der Waals surface area contributed by atoms with Crippen molar-refractivity contribution in [3.05, 3.63) is 9.15 Å². The minimum atomic E-state index is 0.190. The highest BCUT2D eigenvalue weighted by Gasteiger charge is 2.29. The van der Waals surface area contributed by atoms with Crippen LogP contribution in [0.5, 0.6) is 0 Å². The highest BCUT2D eigenvalue weighted by Crippen LogP contribution is 2.38. The zero-order valence-corrected chi connectivity index (χ0v) is 9.36. The van der Waals surface area contributed by atoms with Crippen molar-refractivity contribution in [1.29, 1.82) is 0 Å². The first-order chi connectivity index (χ1) is 4.92. The Morgan fingerprint density at radius 2 is 1.91 bits per heavy atom. The lowest BCUT2D eigenvalue weighted by Crippen LogP contribution is -2.22. The molecule has 0 aromatic carbocycles. The van der Waals surface area contributed by atoms with E-state index in [0.29, 0.717) is 12.2 Å². The molecule has 1 nitrogen and oxygen atoms in total. The number of carbonyl (C=O) groups excluding carboxylic acids is 1. The van der Waals surface area contributed by atoms with E-state index in [1.165, 1.54) is 5.57 Å². The summed E-state index contributed by atoms with van der Waals surface area (Å²) in [5.74, 6) is 0.319. The van der Waals surface area contributed by atoms with Crippen LogP contribution >= 0.6 is 22.6 Å². The van der Waals surface area contributed by atoms with Crippen molar-refractivity contribution in [3.63, 3.8) is 0 Å². The Hall–Kier alpha value is 0.140. The second kappa shape index (κ2) is 2.88. The monoisotopic (exact) mass is 264 g/mol. The molecule has 0 heterocycles. The molecule has 0 aliphatic heterocycles. The Bertz CT molecular complexity index is 226. The predicted molar refractivity (Wildman–Crippen MR) is 54.7 cm³/mol. The first kappa shape index (κ1) is 9.23. The third-order valence-electron chi connectivity index (χ3n) is 2.00. The summed E-state index contributed by atoms with van der Waals surface area (Å²) in [6.45, 7) is 6.36. The van der Waals surface area contributed by atoms with Crippen molar-refractivity contribution in [2.24, 2.45) is 5.41 Å². The Labute approximate surface area is 81.4 Å². The van der Waals surface area contributed by atoms with Crippen LogP contribution in [0.15, 0.2) is 9.15 Å². The van der Waals surface area contributed by atoms with E-state index in [9.17, 15) is 4.79 Å². The molecular formula is C9H13IO. The van der Waals surface area contributed by atoms with Crippen LogP contribution in [0.1, 0.15) is 33.6 Å². The predicted octanol–water partition coefficient (Wildman–Crippen LogP) is 3.08. The molecule has 0 aromatic heterocycles. The van der Waals surface area contributed by atoms with Crippen LogP contribution in [-0.2, 0) is 4.79 Å². The third kappa shape index (κ3) is 2.04. The molecular weight excluding hydrogens is 251 g/mol. The second-order valence-electron chi connectivity index (χ2n) is 4.04. The average Bonchev–Trinajstić information content (AvgIpc) is 1.81. The normalized spacial score (nSPS) is 24.2. The molecule has 0 unspecified atom stereocenters. The van der Waals surface area contributed by atoms with Crippen molar-refractivity contribution in [1.82, 2.24) is 0 Å². The summed E-state index contributed by atoms with van der Waals surface area (Å²) in [5, 5.41) is 0. The Balaban J connectivity index is 2.94. The number of hydrogen-bond acceptors (Lipinski definition) is 1. The number of hydrogen-bond donors (Lipinski definition) is 0. The molecule has 0 spiro atoms. The van der Waals surface area contributed by atoms with Gasteiger partial charge in [-0.2, -0.15) is 0 Å². The number of halogens is 1. The summed E-state index contributed by atoms with van der Waals surface area (Å²) in [7, 11) is 0. The topological polar surface area (TPSA) is 17.1 Å². The summed E-state index contributed by atoms with van der Waals surface area (Å²) in [6, 6.07) is 0. The van der Waals surface area contributed by atoms with Crippen LogP contribution in [-0.4, -0.2) is 5.78 Å². The van der Waals surface area contributed by atoms with Crippen LogP contribution in [0.3, 0.4) is 0 Å². The van der Waals surface area contributed by atoms with Gasteiger partial charge < -0.3 is 0 Å². The summed E-state index contributed by atoms with van der Waals surface area (Å²) in [4.78, 5) is 11.4. The van der Waals surface area contributed by atoms with Gasteiger partial charge >= 0.3 is 0 Å². The van der Waals surface area contributed by atoms with Gasteiger partial charge in [0.2, 0.25) is 0 Å². The van der Waals surface area contributed by atoms with E-state index in [4.69, 9.17) is 0 Å². The van der Waals surface area contributed by atoms with Crippen molar-refractivity contribution in [2.75, 3.05) is 0 Å². The SMILES string of the molecule is CC1=C(I)C(=O)CC(C)(C)C1. The number of ketones is 1. The molecule has 2 heteroatoms. The van der Waals surface area contributed by atoms with Crippen molar-refractivity contribution in [3.8, 4) is 0 Å². The molecule has 0 N–H and O–H groups in total. The molecule has 1 rings (SSSR count). The van der Waals surface area contributed by atoms with Gasteiger partial charge in [0, 0.05) is 6.42 Å². The number of carbonyl (C=O) groups is 1. The van der Waals surface area contributed by atoms with Gasteiger partial charge in [-0.1, -0.05) is 19.4 Å². The molecule has 0 saturated heterocycles. The van der Waals surface area contributed by atoms with Gasteiger partial charge in [0.05, 0.1) is 3.58 Å². The van der Waals surface area contributed by atoms with Crippen molar-refractivity contribution in [2.45, 2.75) is 33.6 Å². The van der Waals surface area contributed by atoms with E-state index in [1.807, 2.05) is 0 Å². The standard InChI is InChI=1S/C9H13IO/c1-6-4-9(2,3)5-7(11)8(6)10/h4-5H2,1-3H3. The molecule has 0 saturated carbocycles. The Morgan fingerprint density at radius 1 is 1.36 bits per heavy atom. The lowest BCUT2D eigenvalue weighted by atomic mass is 9.77. The van der Waals surface area contributed by atoms with E-state index >= 15 is 0 Å². The molecule has 1 aliphatic rings. The van der Waals surface area contributed by atoms with E-state index in [-0.39, 0.29) is 5.41 Å². The number of rotatable bonds is 0. The average molecular weight is 264 g/mol. The van der Waals surface area contributed by atoms with E-state index in [2.05, 4.69) is 43.4 Å². The summed E-state index contributed by atoms with van der Waals surface area (Å²) in [5.41, 5.74) is 1.45. The second-order valence-corrected chi connectivity index (χ2v) is 5.11. The van der Waals surface area contributed by atoms with Gasteiger partial charge in [-0.15, -0.1) is 0 Å². The van der Waals surface area contributed by atoms with E-state index in [1.54, 1.807) is 0 Å². The minimum absolute atomic E-state index is 0.190. The third-order valence-corrected chi connectivity index (χ3v) is 3.52. The first-order valence-electron chi connectivity index (χ1n) is 3.81. The number of allylic oxidation sites excluding steroid dienone is 2. The van der Waals surface area contributed by atoms with Crippen LogP contribution < -0.4 is 0 Å². The van der Waals surface area contributed by atoms with Crippen LogP contribution in [0.2, 0.25) is 0 Å². The minimum Gasteiger partial charge on any atom is -0.294 e. The van der Waals surface area contributed by atoms with Gasteiger partial charge in [0.25, 0.3) is 0 Å². The Morgan fingerprint density at radius 3 is 2.36 bits per heavy atom. The van der Waals surface area contributed by atoms with E-state index < -0.39 is 0 Å². The molecule has 0 fully saturated rings. The fourth-order valence-electron chi connectivity index (χ4n) is 1.61. The molecule has 62 valence electrons. The molecule has 0 amide bonds. The van der Waals surface area contributed by atoms with Gasteiger partial charge in [0.15, 0.2) is 5.78 Å². The van der Waals surface area contributed by atoms with Crippen molar-refractivity contribution >= 4 is 28.4 Å². The highest BCUT2D eigenvalue weighted by molar-refractivity contribution is 14.1. The first-order valence-corrected chi connectivity index (χ1v) is 4.89. The fraction of sp³-hybridized carbons (Fsp3) is 0.667. The largest absolute Gasteiger partial charge is 0.294 e. The molecule has 1 aliphatic carbocycles. The molecule has 11 heavy (non-hydrogen) atoms. The molecule has 0 atom stereocenters. The van der Waals surface area contributed by atoms with Gasteiger partial charge in [0.1, 0.15) is 0 Å². The maximum absolute atomic E-state index is 11.4.